The summed E-state index contributed by atoms with van der Waals surface area (Å²) in [5.74, 6) is -1.24. The number of anilines is 3. The molecule has 14 heteroatoms. The van der Waals surface area contributed by atoms with Crippen molar-refractivity contribution < 1.29 is 28.7 Å². The predicted molar refractivity (Wildman–Crippen MR) is 162 cm³/mol. The van der Waals surface area contributed by atoms with Crippen molar-refractivity contribution in [3.63, 3.8) is 0 Å². The Morgan fingerprint density at radius 3 is 2.55 bits per heavy atom. The second kappa shape index (κ2) is 11.6. The van der Waals surface area contributed by atoms with E-state index in [0.29, 0.717) is 16.3 Å². The summed E-state index contributed by atoms with van der Waals surface area (Å²) >= 11 is 1.15. The van der Waals surface area contributed by atoms with Gasteiger partial charge in [0, 0.05) is 16.5 Å². The summed E-state index contributed by atoms with van der Waals surface area (Å²) in [6.45, 7) is 0. The number of carbonyl (C=O) groups excluding carboxylic acids is 1. The Labute approximate surface area is 251 Å². The molecule has 1 amide bonds. The maximum absolute atomic E-state index is 15.4. The number of aromatic nitrogens is 3. The molecule has 0 saturated carbocycles. The number of phenols is 2. The van der Waals surface area contributed by atoms with Crippen molar-refractivity contribution in [2.75, 3.05) is 10.6 Å². The molecule has 0 spiro atoms. The summed E-state index contributed by atoms with van der Waals surface area (Å²) in [5.41, 5.74) is 1.13. The average molecular weight is 611 g/mol. The lowest BCUT2D eigenvalue weighted by atomic mass is 10.1. The molecule has 6 rings (SSSR count). The Balaban J connectivity index is 1.34. The van der Waals surface area contributed by atoms with Gasteiger partial charge in [-0.05, 0) is 66.7 Å². The van der Waals surface area contributed by atoms with E-state index in [-0.39, 0.29) is 51.2 Å². The molecule has 0 fully saturated rings. The molecule has 0 aliphatic carbocycles. The van der Waals surface area contributed by atoms with Crippen molar-refractivity contribution in [1.29, 1.82) is 0 Å². The number of aromatic hydroxyl groups is 2. The number of halogens is 1. The van der Waals surface area contributed by atoms with Crippen LogP contribution in [0, 0.1) is 15.9 Å². The molecule has 0 radical (unpaired) electrons. The molecule has 3 aromatic carbocycles. The van der Waals surface area contributed by atoms with E-state index in [2.05, 4.69) is 25.6 Å². The van der Waals surface area contributed by atoms with Crippen LogP contribution in [-0.2, 0) is 0 Å². The number of phenolic OH excluding ortho intramolecular Hbond substituents is 2. The molecule has 0 unspecified atom stereocenters. The Hall–Kier alpha value is -6.15. The third-order valence-corrected chi connectivity index (χ3v) is 7.12. The second-order valence-corrected chi connectivity index (χ2v) is 10.1. The van der Waals surface area contributed by atoms with Gasteiger partial charge in [0.15, 0.2) is 5.82 Å². The first-order valence-electron chi connectivity index (χ1n) is 12.8. The van der Waals surface area contributed by atoms with E-state index in [1.165, 1.54) is 60.0 Å². The number of furan rings is 1. The summed E-state index contributed by atoms with van der Waals surface area (Å²) in [6, 6.07) is 17.9. The zero-order chi connectivity index (χ0) is 30.8. The smallest absolute Gasteiger partial charge is 0.433 e. The molecular formula is C30H19FN6O6S. The van der Waals surface area contributed by atoms with Crippen LogP contribution in [0.5, 0.6) is 11.5 Å². The van der Waals surface area contributed by atoms with Gasteiger partial charge < -0.3 is 25.3 Å². The van der Waals surface area contributed by atoms with Crippen LogP contribution in [0.25, 0.3) is 33.6 Å². The minimum Gasteiger partial charge on any atom is -0.508 e. The van der Waals surface area contributed by atoms with Gasteiger partial charge in [0.05, 0.1) is 22.8 Å². The van der Waals surface area contributed by atoms with E-state index >= 15 is 4.39 Å². The number of nitro groups is 1. The van der Waals surface area contributed by atoms with Crippen LogP contribution in [0.3, 0.4) is 0 Å². The number of hydrogen-bond acceptors (Lipinski definition) is 11. The van der Waals surface area contributed by atoms with Gasteiger partial charge in [-0.25, -0.2) is 19.3 Å². The van der Waals surface area contributed by atoms with Gasteiger partial charge in [0.25, 0.3) is 5.91 Å². The highest BCUT2D eigenvalue weighted by molar-refractivity contribution is 7.13. The normalized spacial score (nSPS) is 11.2. The largest absolute Gasteiger partial charge is 0.508 e. The SMILES string of the molecule is O=C(Nc1cc2nc(/C=C/c3ccc([N+](=O)[O-])o3)nc(Nc3ccc(O)cc3)c2cc1F)c1csc(-c2ccccc2O)n1. The number of fused-ring (bicyclic) bond motifs is 1. The first-order chi connectivity index (χ1) is 21.2. The highest BCUT2D eigenvalue weighted by Crippen LogP contribution is 2.33. The van der Waals surface area contributed by atoms with Crippen LogP contribution in [0.1, 0.15) is 22.1 Å². The Morgan fingerprint density at radius 1 is 1.00 bits per heavy atom. The number of para-hydroxylation sites is 1. The van der Waals surface area contributed by atoms with E-state index in [1.54, 1.807) is 30.3 Å². The van der Waals surface area contributed by atoms with Gasteiger partial charge in [-0.2, -0.15) is 0 Å². The molecule has 12 nitrogen and oxygen atoms in total. The zero-order valence-corrected chi connectivity index (χ0v) is 23.1. The number of thiazole rings is 1. The number of nitrogens with one attached hydrogen (secondary N) is 2. The van der Waals surface area contributed by atoms with Gasteiger partial charge in [-0.3, -0.25) is 14.9 Å². The van der Waals surface area contributed by atoms with Crippen LogP contribution in [0.2, 0.25) is 0 Å². The number of hydrogen-bond donors (Lipinski definition) is 4. The fourth-order valence-electron chi connectivity index (χ4n) is 4.14. The minimum atomic E-state index is -0.759. The summed E-state index contributed by atoms with van der Waals surface area (Å²) in [4.78, 5) is 36.5. The lowest BCUT2D eigenvalue weighted by Gasteiger charge is -2.12. The average Bonchev–Trinajstić information content (AvgIpc) is 3.69. The second-order valence-electron chi connectivity index (χ2n) is 9.23. The monoisotopic (exact) mass is 610 g/mol. The fraction of sp³-hybridized carbons (Fsp3) is 0. The molecule has 0 atom stereocenters. The first-order valence-corrected chi connectivity index (χ1v) is 13.7. The van der Waals surface area contributed by atoms with Crippen molar-refractivity contribution in [3.05, 3.63) is 111 Å². The van der Waals surface area contributed by atoms with Gasteiger partial charge >= 0.3 is 5.88 Å². The maximum Gasteiger partial charge on any atom is 0.433 e. The fourth-order valence-corrected chi connectivity index (χ4v) is 4.98. The van der Waals surface area contributed by atoms with E-state index in [1.807, 2.05) is 0 Å². The summed E-state index contributed by atoms with van der Waals surface area (Å²) in [5, 5.41) is 38.5. The molecule has 44 heavy (non-hydrogen) atoms. The van der Waals surface area contributed by atoms with Crippen LogP contribution >= 0.6 is 11.3 Å². The minimum absolute atomic E-state index is 0.0147. The van der Waals surface area contributed by atoms with Crippen LogP contribution in [-0.4, -0.2) is 36.0 Å². The number of carbonyl (C=O) groups is 1. The van der Waals surface area contributed by atoms with E-state index < -0.39 is 22.5 Å². The summed E-state index contributed by atoms with van der Waals surface area (Å²) < 4.78 is 20.5. The van der Waals surface area contributed by atoms with Gasteiger partial charge in [0.2, 0.25) is 0 Å². The molecule has 0 aliphatic heterocycles. The summed E-state index contributed by atoms with van der Waals surface area (Å²) in [7, 11) is 0. The molecule has 3 aromatic heterocycles. The highest BCUT2D eigenvalue weighted by atomic mass is 32.1. The third-order valence-electron chi connectivity index (χ3n) is 6.24. The standard InChI is InChI=1S/C30H19FN6O6S/c31-21-13-20-22(14-23(21)34-29(40)24-15-44-30(35-24)19-3-1-2-4-25(19)39)33-26(11-9-18-10-12-27(43-18)37(41)42)36-28(20)32-16-5-7-17(38)8-6-16/h1-15,38-39H,(H,34,40)(H,32,33,36)/b11-9+. The molecule has 4 N–H and O–H groups in total. The third kappa shape index (κ3) is 5.91. The van der Waals surface area contributed by atoms with Gasteiger partial charge in [0.1, 0.15) is 44.5 Å². The van der Waals surface area contributed by atoms with Gasteiger partial charge in [-0.15, -0.1) is 11.3 Å². The van der Waals surface area contributed by atoms with Gasteiger partial charge in [-0.1, -0.05) is 12.1 Å². The van der Waals surface area contributed by atoms with Crippen molar-refractivity contribution in [3.8, 4) is 22.1 Å². The van der Waals surface area contributed by atoms with Crippen LogP contribution in [0.15, 0.2) is 82.6 Å². The maximum atomic E-state index is 15.4. The predicted octanol–water partition coefficient (Wildman–Crippen LogP) is 6.97. The Kier molecular flexibility index (Phi) is 7.39. The Bertz CT molecular complexity index is 2070. The molecule has 218 valence electrons. The van der Waals surface area contributed by atoms with Crippen molar-refractivity contribution in [2.45, 2.75) is 0 Å². The Morgan fingerprint density at radius 2 is 1.80 bits per heavy atom. The molecule has 0 bridgehead atoms. The van der Waals surface area contributed by atoms with Crippen LogP contribution < -0.4 is 10.6 Å². The lowest BCUT2D eigenvalue weighted by Crippen LogP contribution is -2.13. The lowest BCUT2D eigenvalue weighted by molar-refractivity contribution is -0.402. The van der Waals surface area contributed by atoms with E-state index in [4.69, 9.17) is 4.42 Å². The zero-order valence-electron chi connectivity index (χ0n) is 22.3. The molecular weight excluding hydrogens is 591 g/mol. The molecule has 0 saturated heterocycles. The first kappa shape index (κ1) is 28.0. The quantitative estimate of drug-likeness (QED) is 0.0799. The number of nitrogens with zero attached hydrogens (tertiary/aromatic N) is 4. The van der Waals surface area contributed by atoms with E-state index in [9.17, 15) is 25.1 Å². The molecule has 3 heterocycles. The number of amides is 1. The molecule has 0 aliphatic rings. The number of rotatable bonds is 8. The topological polar surface area (TPSA) is 177 Å². The van der Waals surface area contributed by atoms with Crippen LogP contribution in [0.4, 0.5) is 27.5 Å². The highest BCUT2D eigenvalue weighted by Gasteiger charge is 2.18. The molecule has 6 aromatic rings. The number of benzene rings is 3. The summed E-state index contributed by atoms with van der Waals surface area (Å²) in [6.07, 6.45) is 2.90. The van der Waals surface area contributed by atoms with E-state index in [0.717, 1.165) is 11.3 Å². The van der Waals surface area contributed by atoms with Crippen molar-refractivity contribution in [2.24, 2.45) is 0 Å². The van der Waals surface area contributed by atoms with Crippen molar-refractivity contribution >= 4 is 63.4 Å². The van der Waals surface area contributed by atoms with Crippen molar-refractivity contribution in [1.82, 2.24) is 15.0 Å².